The molecule has 0 atom stereocenters. The monoisotopic (exact) mass is 176 g/mol. The van der Waals surface area contributed by atoms with Crippen molar-refractivity contribution in [1.82, 2.24) is 0 Å². The number of rotatable bonds is 0. The molecule has 0 bridgehead atoms. The lowest BCUT2D eigenvalue weighted by Gasteiger charge is -2.03. The Morgan fingerprint density at radius 3 is 2.31 bits per heavy atom. The number of hydrogen-bond acceptors (Lipinski definition) is 2. The predicted octanol–water partition coefficient (Wildman–Crippen LogP) is 1.95. The van der Waals surface area contributed by atoms with Crippen LogP contribution in [0, 0.1) is 0 Å². The SMILES string of the molecule is CC1=C(N)/C(=C2/C=C(N)CC2)CC1. The highest BCUT2D eigenvalue weighted by Gasteiger charge is 2.19. The van der Waals surface area contributed by atoms with E-state index in [1.807, 2.05) is 0 Å². The van der Waals surface area contributed by atoms with E-state index in [0.29, 0.717) is 0 Å². The summed E-state index contributed by atoms with van der Waals surface area (Å²) in [7, 11) is 0. The first-order valence-electron chi connectivity index (χ1n) is 4.82. The van der Waals surface area contributed by atoms with E-state index in [2.05, 4.69) is 13.0 Å². The van der Waals surface area contributed by atoms with Crippen LogP contribution in [0.3, 0.4) is 0 Å². The van der Waals surface area contributed by atoms with Gasteiger partial charge in [0.15, 0.2) is 0 Å². The summed E-state index contributed by atoms with van der Waals surface area (Å²) in [6.07, 6.45) is 6.41. The minimum Gasteiger partial charge on any atom is -0.402 e. The van der Waals surface area contributed by atoms with Gasteiger partial charge in [-0.25, -0.2) is 0 Å². The van der Waals surface area contributed by atoms with Crippen molar-refractivity contribution in [2.24, 2.45) is 11.5 Å². The maximum atomic E-state index is 6.00. The van der Waals surface area contributed by atoms with Gasteiger partial charge < -0.3 is 11.5 Å². The molecule has 4 N–H and O–H groups in total. The molecule has 2 aliphatic rings. The van der Waals surface area contributed by atoms with Crippen molar-refractivity contribution in [3.63, 3.8) is 0 Å². The normalized spacial score (nSPS) is 28.5. The standard InChI is InChI=1S/C11H16N2/c1-7-2-5-10(11(7)13)8-3-4-9(12)6-8/h6H,2-5,12-13H2,1H3/b10-8+. The molecule has 0 unspecified atom stereocenters. The number of hydrogen-bond donors (Lipinski definition) is 2. The Labute approximate surface area is 79.0 Å². The topological polar surface area (TPSA) is 52.0 Å². The second-order valence-corrected chi connectivity index (χ2v) is 3.92. The Balaban J connectivity index is 2.37. The number of allylic oxidation sites excluding steroid dienone is 5. The first-order valence-corrected chi connectivity index (χ1v) is 4.82. The minimum absolute atomic E-state index is 1.000. The summed E-state index contributed by atoms with van der Waals surface area (Å²) < 4.78 is 0. The van der Waals surface area contributed by atoms with Gasteiger partial charge in [0.25, 0.3) is 0 Å². The summed E-state index contributed by atoms with van der Waals surface area (Å²) in [6.45, 7) is 2.12. The van der Waals surface area contributed by atoms with Gasteiger partial charge in [0.1, 0.15) is 0 Å². The fraction of sp³-hybridized carbons (Fsp3) is 0.455. The van der Waals surface area contributed by atoms with E-state index in [1.54, 1.807) is 0 Å². The largest absolute Gasteiger partial charge is 0.402 e. The van der Waals surface area contributed by atoms with Crippen LogP contribution in [0.1, 0.15) is 32.6 Å². The Bertz CT molecular complexity index is 332. The van der Waals surface area contributed by atoms with Crippen LogP contribution >= 0.6 is 0 Å². The molecule has 0 aliphatic heterocycles. The van der Waals surface area contributed by atoms with Crippen molar-refractivity contribution < 1.29 is 0 Å². The zero-order valence-corrected chi connectivity index (χ0v) is 8.06. The van der Waals surface area contributed by atoms with Gasteiger partial charge in [-0.1, -0.05) is 0 Å². The van der Waals surface area contributed by atoms with Crippen LogP contribution in [0.15, 0.2) is 34.2 Å². The van der Waals surface area contributed by atoms with Crippen molar-refractivity contribution in [3.8, 4) is 0 Å². The van der Waals surface area contributed by atoms with Gasteiger partial charge in [0.05, 0.1) is 0 Å². The first-order chi connectivity index (χ1) is 6.18. The van der Waals surface area contributed by atoms with Gasteiger partial charge in [0, 0.05) is 11.4 Å². The molecule has 0 radical (unpaired) electrons. The quantitative estimate of drug-likeness (QED) is 0.592. The van der Waals surface area contributed by atoms with Crippen LogP contribution in [0.25, 0.3) is 0 Å². The fourth-order valence-corrected chi connectivity index (χ4v) is 2.06. The highest BCUT2D eigenvalue weighted by molar-refractivity contribution is 5.47. The van der Waals surface area contributed by atoms with Gasteiger partial charge in [-0.05, 0) is 55.4 Å². The second kappa shape index (κ2) is 2.95. The average Bonchev–Trinajstić information content (AvgIpc) is 2.62. The molecule has 0 aromatic heterocycles. The summed E-state index contributed by atoms with van der Waals surface area (Å²) in [5.41, 5.74) is 17.8. The van der Waals surface area contributed by atoms with E-state index >= 15 is 0 Å². The Kier molecular flexibility index (Phi) is 1.91. The Morgan fingerprint density at radius 1 is 1.08 bits per heavy atom. The highest BCUT2D eigenvalue weighted by Crippen LogP contribution is 2.34. The van der Waals surface area contributed by atoms with E-state index in [-0.39, 0.29) is 0 Å². The molecule has 0 aromatic carbocycles. The third-order valence-electron chi connectivity index (χ3n) is 2.97. The Morgan fingerprint density at radius 2 is 1.85 bits per heavy atom. The van der Waals surface area contributed by atoms with Crippen LogP contribution in [0.2, 0.25) is 0 Å². The van der Waals surface area contributed by atoms with Crippen LogP contribution in [0.4, 0.5) is 0 Å². The third kappa shape index (κ3) is 1.37. The summed E-state index contributed by atoms with van der Waals surface area (Å²) in [5.74, 6) is 0. The molecule has 2 aliphatic carbocycles. The molecular formula is C11H16N2. The Hall–Kier alpha value is -1.18. The molecule has 0 saturated carbocycles. The molecule has 70 valence electrons. The maximum Gasteiger partial charge on any atom is 0.0338 e. The zero-order chi connectivity index (χ0) is 9.42. The van der Waals surface area contributed by atoms with Crippen molar-refractivity contribution in [2.75, 3.05) is 0 Å². The molecule has 0 saturated heterocycles. The van der Waals surface area contributed by atoms with Crippen LogP contribution in [0.5, 0.6) is 0 Å². The van der Waals surface area contributed by atoms with Crippen LogP contribution in [-0.4, -0.2) is 0 Å². The zero-order valence-electron chi connectivity index (χ0n) is 8.06. The fourth-order valence-electron chi connectivity index (χ4n) is 2.06. The average molecular weight is 176 g/mol. The molecule has 2 rings (SSSR count). The lowest BCUT2D eigenvalue weighted by atomic mass is 10.1. The highest BCUT2D eigenvalue weighted by atomic mass is 14.6. The van der Waals surface area contributed by atoms with Gasteiger partial charge >= 0.3 is 0 Å². The van der Waals surface area contributed by atoms with Crippen molar-refractivity contribution in [3.05, 3.63) is 34.2 Å². The van der Waals surface area contributed by atoms with Gasteiger partial charge in [-0.2, -0.15) is 0 Å². The molecule has 0 heterocycles. The summed E-state index contributed by atoms with van der Waals surface area (Å²) in [4.78, 5) is 0. The summed E-state index contributed by atoms with van der Waals surface area (Å²) >= 11 is 0. The van der Waals surface area contributed by atoms with E-state index in [4.69, 9.17) is 11.5 Å². The van der Waals surface area contributed by atoms with Crippen molar-refractivity contribution in [1.29, 1.82) is 0 Å². The number of nitrogens with two attached hydrogens (primary N) is 2. The van der Waals surface area contributed by atoms with Gasteiger partial charge in [-0.3, -0.25) is 0 Å². The lowest BCUT2D eigenvalue weighted by molar-refractivity contribution is 0.952. The van der Waals surface area contributed by atoms with E-state index in [0.717, 1.165) is 37.1 Å². The third-order valence-corrected chi connectivity index (χ3v) is 2.97. The van der Waals surface area contributed by atoms with Gasteiger partial charge in [-0.15, -0.1) is 0 Å². The molecule has 2 nitrogen and oxygen atoms in total. The molecule has 0 amide bonds. The lowest BCUT2D eigenvalue weighted by Crippen LogP contribution is -1.99. The van der Waals surface area contributed by atoms with Gasteiger partial charge in [0.2, 0.25) is 0 Å². The van der Waals surface area contributed by atoms with Crippen LogP contribution < -0.4 is 11.5 Å². The maximum absolute atomic E-state index is 6.00. The molecule has 0 fully saturated rings. The second-order valence-electron chi connectivity index (χ2n) is 3.92. The van der Waals surface area contributed by atoms with E-state index in [9.17, 15) is 0 Å². The molecule has 13 heavy (non-hydrogen) atoms. The molecule has 0 aromatic rings. The summed E-state index contributed by atoms with van der Waals surface area (Å²) in [5, 5.41) is 0. The molecular weight excluding hydrogens is 160 g/mol. The summed E-state index contributed by atoms with van der Waals surface area (Å²) in [6, 6.07) is 0. The van der Waals surface area contributed by atoms with Crippen LogP contribution in [-0.2, 0) is 0 Å². The molecule has 0 spiro atoms. The minimum atomic E-state index is 1.000. The first kappa shape index (κ1) is 8.42. The van der Waals surface area contributed by atoms with Crippen molar-refractivity contribution in [2.45, 2.75) is 32.6 Å². The van der Waals surface area contributed by atoms with E-state index in [1.165, 1.54) is 16.7 Å². The van der Waals surface area contributed by atoms with Crippen molar-refractivity contribution >= 4 is 0 Å². The molecule has 2 heteroatoms. The van der Waals surface area contributed by atoms with E-state index < -0.39 is 0 Å². The smallest absolute Gasteiger partial charge is 0.0338 e. The predicted molar refractivity (Wildman–Crippen MR) is 54.7 cm³/mol.